The molecule has 1 saturated heterocycles. The molecular formula is C28H38N2O14. The second kappa shape index (κ2) is 15.9. The molecule has 16 heteroatoms. The van der Waals surface area contributed by atoms with E-state index >= 15 is 0 Å². The van der Waals surface area contributed by atoms with Gasteiger partial charge in [-0.05, 0) is 38.5 Å². The zero-order chi connectivity index (χ0) is 33.2. The molecule has 44 heavy (non-hydrogen) atoms. The van der Waals surface area contributed by atoms with Crippen LogP contribution in [-0.2, 0) is 59.0 Å². The molecule has 2 amide bonds. The van der Waals surface area contributed by atoms with Crippen LogP contribution in [0.3, 0.4) is 0 Å². The lowest BCUT2D eigenvalue weighted by molar-refractivity contribution is -0.282. The van der Waals surface area contributed by atoms with Crippen molar-refractivity contribution in [1.82, 2.24) is 5.32 Å². The Labute approximate surface area is 253 Å². The van der Waals surface area contributed by atoms with Crippen molar-refractivity contribution in [2.75, 3.05) is 19.0 Å². The van der Waals surface area contributed by atoms with Crippen molar-refractivity contribution in [1.29, 1.82) is 0 Å². The number of hydrogen-bond acceptors (Lipinski definition) is 14. The van der Waals surface area contributed by atoms with Crippen molar-refractivity contribution < 1.29 is 67.0 Å². The number of carbonyl (C=O) groups is 6. The van der Waals surface area contributed by atoms with E-state index in [1.165, 1.54) is 18.2 Å². The van der Waals surface area contributed by atoms with Gasteiger partial charge in [0.2, 0.25) is 18.3 Å². The lowest BCUT2D eigenvalue weighted by Crippen LogP contribution is -2.64. The predicted molar refractivity (Wildman–Crippen MR) is 148 cm³/mol. The Morgan fingerprint density at radius 1 is 0.909 bits per heavy atom. The van der Waals surface area contributed by atoms with Crippen LogP contribution in [0.1, 0.15) is 53.5 Å². The third-order valence-corrected chi connectivity index (χ3v) is 5.60. The van der Waals surface area contributed by atoms with E-state index < -0.39 is 78.8 Å². The molecular weight excluding hydrogens is 588 g/mol. The highest BCUT2D eigenvalue weighted by Gasteiger charge is 2.56. The normalized spacial score (nSPS) is 21.2. The van der Waals surface area contributed by atoms with Gasteiger partial charge in [0.25, 0.3) is 0 Å². The Kier molecular flexibility index (Phi) is 12.9. The van der Waals surface area contributed by atoms with E-state index in [1.54, 1.807) is 20.8 Å². The minimum Gasteiger partial charge on any atom is -0.467 e. The number of esters is 4. The fourth-order valence-corrected chi connectivity index (χ4v) is 3.98. The van der Waals surface area contributed by atoms with Crippen molar-refractivity contribution in [2.45, 2.75) is 90.9 Å². The van der Waals surface area contributed by atoms with Gasteiger partial charge in [-0.3, -0.25) is 19.2 Å². The van der Waals surface area contributed by atoms with Crippen LogP contribution >= 0.6 is 0 Å². The van der Waals surface area contributed by atoms with Crippen molar-refractivity contribution in [3.8, 4) is 5.75 Å². The van der Waals surface area contributed by atoms with E-state index in [9.17, 15) is 33.9 Å². The Bertz CT molecular complexity index is 1230. The van der Waals surface area contributed by atoms with Crippen molar-refractivity contribution in [3.63, 3.8) is 0 Å². The number of carbonyl (C=O) groups excluding carboxylic acids is 6. The third kappa shape index (κ3) is 11.0. The summed E-state index contributed by atoms with van der Waals surface area (Å²) >= 11 is 0. The van der Waals surface area contributed by atoms with Gasteiger partial charge in [0, 0.05) is 33.7 Å². The molecule has 244 valence electrons. The van der Waals surface area contributed by atoms with Gasteiger partial charge in [-0.2, -0.15) is 0 Å². The molecule has 0 unspecified atom stereocenters. The summed E-state index contributed by atoms with van der Waals surface area (Å²) in [6.45, 7) is 7.75. The molecule has 16 nitrogen and oxygen atoms in total. The van der Waals surface area contributed by atoms with Gasteiger partial charge in [0.15, 0.2) is 18.3 Å². The van der Waals surface area contributed by atoms with Crippen molar-refractivity contribution >= 4 is 41.6 Å². The number of alkyl carbamates (subject to hydrolysis) is 1. The van der Waals surface area contributed by atoms with Gasteiger partial charge in [0.05, 0.1) is 19.4 Å². The molecule has 1 fully saturated rings. The standard InChI is InChI=1S/C28H38N2O14/c1-14(32)39-21-22(40-15(2)33)24(41-16(3)34)26(43-23(21)25(36)38-7)42-19-9-8-17(13-31)12-18(19)30-20(35)10-11-29-27(37)44-28(4,5)6/h8-9,12,21-24,26,31H,10-11,13H2,1-7H3,(H,29,37)(H,30,35)/t21-,22-,23-,24+,26+/m0/s1. The first-order chi connectivity index (χ1) is 20.5. The van der Waals surface area contributed by atoms with E-state index in [0.717, 1.165) is 27.9 Å². The molecule has 0 radical (unpaired) electrons. The molecule has 0 aromatic heterocycles. The van der Waals surface area contributed by atoms with Crippen molar-refractivity contribution in [2.24, 2.45) is 0 Å². The minimum absolute atomic E-state index is 0.0322. The first-order valence-electron chi connectivity index (χ1n) is 13.5. The first-order valence-corrected chi connectivity index (χ1v) is 13.5. The molecule has 0 spiro atoms. The van der Waals surface area contributed by atoms with E-state index in [4.69, 9.17) is 33.2 Å². The van der Waals surface area contributed by atoms with Crippen LogP contribution in [0.5, 0.6) is 5.75 Å². The second-order valence-electron chi connectivity index (χ2n) is 10.5. The van der Waals surface area contributed by atoms with E-state index in [-0.39, 0.29) is 24.4 Å². The average molecular weight is 627 g/mol. The Morgan fingerprint density at radius 3 is 2.05 bits per heavy atom. The molecule has 1 aliphatic rings. The Morgan fingerprint density at radius 2 is 1.50 bits per heavy atom. The lowest BCUT2D eigenvalue weighted by Gasteiger charge is -2.43. The molecule has 1 heterocycles. The molecule has 1 aliphatic heterocycles. The summed E-state index contributed by atoms with van der Waals surface area (Å²) in [6.07, 6.45) is -9.03. The Hall–Kier alpha value is -4.44. The first kappa shape index (κ1) is 35.8. The summed E-state index contributed by atoms with van der Waals surface area (Å²) in [7, 11) is 1.05. The average Bonchev–Trinajstić information content (AvgIpc) is 2.90. The van der Waals surface area contributed by atoms with Gasteiger partial charge in [-0.15, -0.1) is 0 Å². The van der Waals surface area contributed by atoms with Gasteiger partial charge in [0.1, 0.15) is 11.4 Å². The molecule has 5 atom stereocenters. The number of aliphatic hydroxyl groups excluding tert-OH is 1. The number of aliphatic hydroxyl groups is 1. The molecule has 1 aromatic rings. The minimum atomic E-state index is -1.70. The fourth-order valence-electron chi connectivity index (χ4n) is 3.98. The SMILES string of the molecule is COC(=O)[C@H]1O[C@@H](Oc2ccc(CO)cc2NC(=O)CCNC(=O)OC(C)(C)C)[C@H](OC(C)=O)[C@@H](OC(C)=O)[C@@H]1OC(C)=O. The smallest absolute Gasteiger partial charge is 0.407 e. The molecule has 3 N–H and O–H groups in total. The molecule has 2 rings (SSSR count). The second-order valence-corrected chi connectivity index (χ2v) is 10.5. The maximum atomic E-state index is 12.7. The van der Waals surface area contributed by atoms with Crippen LogP contribution in [0.15, 0.2) is 18.2 Å². The van der Waals surface area contributed by atoms with E-state index in [2.05, 4.69) is 10.6 Å². The zero-order valence-corrected chi connectivity index (χ0v) is 25.5. The molecule has 0 aliphatic carbocycles. The quantitative estimate of drug-likeness (QED) is 0.232. The summed E-state index contributed by atoms with van der Waals surface area (Å²) in [5.41, 5.74) is -0.320. The van der Waals surface area contributed by atoms with Crippen LogP contribution in [0.25, 0.3) is 0 Å². The summed E-state index contributed by atoms with van der Waals surface area (Å²) < 4.78 is 37.5. The maximum Gasteiger partial charge on any atom is 0.407 e. The number of methoxy groups -OCH3 is 1. The van der Waals surface area contributed by atoms with Crippen LogP contribution < -0.4 is 15.4 Å². The third-order valence-electron chi connectivity index (χ3n) is 5.60. The van der Waals surface area contributed by atoms with Crippen LogP contribution in [-0.4, -0.2) is 90.9 Å². The van der Waals surface area contributed by atoms with E-state index in [0.29, 0.717) is 5.56 Å². The Balaban J connectivity index is 2.40. The van der Waals surface area contributed by atoms with E-state index in [1.807, 2.05) is 0 Å². The number of hydrogen-bond donors (Lipinski definition) is 3. The zero-order valence-electron chi connectivity index (χ0n) is 25.5. The number of anilines is 1. The lowest BCUT2D eigenvalue weighted by atomic mass is 9.97. The highest BCUT2D eigenvalue weighted by Crippen LogP contribution is 2.34. The van der Waals surface area contributed by atoms with Crippen LogP contribution in [0, 0.1) is 0 Å². The number of benzene rings is 1. The maximum absolute atomic E-state index is 12.7. The van der Waals surface area contributed by atoms with Gasteiger partial charge in [-0.1, -0.05) is 6.07 Å². The molecule has 1 aromatic carbocycles. The molecule has 0 bridgehead atoms. The number of ether oxygens (including phenoxy) is 7. The predicted octanol–water partition coefficient (Wildman–Crippen LogP) is 1.10. The highest BCUT2D eigenvalue weighted by atomic mass is 16.7. The molecule has 0 saturated carbocycles. The van der Waals surface area contributed by atoms with Crippen molar-refractivity contribution in [3.05, 3.63) is 23.8 Å². The topological polar surface area (TPSA) is 211 Å². The van der Waals surface area contributed by atoms with Gasteiger partial charge < -0.3 is 48.9 Å². The summed E-state index contributed by atoms with van der Waals surface area (Å²) in [5, 5.41) is 14.7. The van der Waals surface area contributed by atoms with Crippen LogP contribution in [0.2, 0.25) is 0 Å². The summed E-state index contributed by atoms with van der Waals surface area (Å²) in [5.74, 6) is -4.25. The van der Waals surface area contributed by atoms with Crippen LogP contribution in [0.4, 0.5) is 10.5 Å². The number of amides is 2. The summed E-state index contributed by atoms with van der Waals surface area (Å²) in [4.78, 5) is 73.3. The number of nitrogens with one attached hydrogen (secondary N) is 2. The summed E-state index contributed by atoms with van der Waals surface area (Å²) in [6, 6.07) is 4.21. The largest absolute Gasteiger partial charge is 0.467 e. The van der Waals surface area contributed by atoms with Gasteiger partial charge >= 0.3 is 30.0 Å². The highest BCUT2D eigenvalue weighted by molar-refractivity contribution is 5.92. The number of rotatable bonds is 11. The fraction of sp³-hybridized carbons (Fsp3) is 0.571. The van der Waals surface area contributed by atoms with Gasteiger partial charge in [-0.25, -0.2) is 9.59 Å². The monoisotopic (exact) mass is 626 g/mol.